The molecule has 0 aliphatic heterocycles. The average Bonchev–Trinajstić information content (AvgIpc) is 2.49. The summed E-state index contributed by atoms with van der Waals surface area (Å²) in [4.78, 5) is 0. The van der Waals surface area contributed by atoms with Crippen molar-refractivity contribution in [3.63, 3.8) is 0 Å². The standard InChI is InChI=1S/C10H13N3/c1-6(2)10-9-7(11)4-3-5-8(9)12-13-10/h3-6H,11H2,1-2H3,(H,12,13). The molecular weight excluding hydrogens is 162 g/mol. The Morgan fingerprint density at radius 2 is 2.15 bits per heavy atom. The molecule has 0 aliphatic carbocycles. The van der Waals surface area contributed by atoms with Gasteiger partial charge in [-0.3, -0.25) is 5.10 Å². The maximum atomic E-state index is 5.88. The third-order valence-electron chi connectivity index (χ3n) is 2.22. The minimum absolute atomic E-state index is 0.426. The Balaban J connectivity index is 2.79. The first kappa shape index (κ1) is 8.10. The molecule has 1 aromatic carbocycles. The Morgan fingerprint density at radius 3 is 2.85 bits per heavy atom. The second-order valence-corrected chi connectivity index (χ2v) is 3.53. The summed E-state index contributed by atoms with van der Waals surface area (Å²) >= 11 is 0. The number of benzene rings is 1. The molecular formula is C10H13N3. The van der Waals surface area contributed by atoms with E-state index in [2.05, 4.69) is 24.0 Å². The van der Waals surface area contributed by atoms with E-state index in [4.69, 9.17) is 5.73 Å². The van der Waals surface area contributed by atoms with Gasteiger partial charge in [0.25, 0.3) is 0 Å². The molecule has 0 bridgehead atoms. The highest BCUT2D eigenvalue weighted by atomic mass is 15.1. The van der Waals surface area contributed by atoms with Gasteiger partial charge in [0.2, 0.25) is 0 Å². The predicted octanol–water partition coefficient (Wildman–Crippen LogP) is 2.27. The van der Waals surface area contributed by atoms with E-state index in [1.807, 2.05) is 18.2 Å². The summed E-state index contributed by atoms with van der Waals surface area (Å²) < 4.78 is 0. The van der Waals surface area contributed by atoms with E-state index in [9.17, 15) is 0 Å². The summed E-state index contributed by atoms with van der Waals surface area (Å²) in [7, 11) is 0. The van der Waals surface area contributed by atoms with Crippen LogP contribution in [0.25, 0.3) is 10.9 Å². The highest BCUT2D eigenvalue weighted by Crippen LogP contribution is 2.27. The highest BCUT2D eigenvalue weighted by Gasteiger charge is 2.10. The molecule has 0 saturated carbocycles. The monoisotopic (exact) mass is 175 g/mol. The molecule has 2 aromatic rings. The van der Waals surface area contributed by atoms with Crippen molar-refractivity contribution in [1.82, 2.24) is 10.2 Å². The number of anilines is 1. The summed E-state index contributed by atoms with van der Waals surface area (Å²) in [5.74, 6) is 0.426. The van der Waals surface area contributed by atoms with E-state index >= 15 is 0 Å². The van der Waals surface area contributed by atoms with Gasteiger partial charge in [0, 0.05) is 16.8 Å². The normalized spacial score (nSPS) is 11.3. The summed E-state index contributed by atoms with van der Waals surface area (Å²) in [5.41, 5.74) is 8.75. The van der Waals surface area contributed by atoms with E-state index in [1.54, 1.807) is 0 Å². The molecule has 0 radical (unpaired) electrons. The molecule has 13 heavy (non-hydrogen) atoms. The van der Waals surface area contributed by atoms with Crippen LogP contribution in [0.5, 0.6) is 0 Å². The Kier molecular flexibility index (Phi) is 1.72. The second kappa shape index (κ2) is 2.76. The zero-order chi connectivity index (χ0) is 9.42. The summed E-state index contributed by atoms with van der Waals surface area (Å²) in [6.45, 7) is 4.25. The van der Waals surface area contributed by atoms with E-state index in [1.165, 1.54) is 0 Å². The summed E-state index contributed by atoms with van der Waals surface area (Å²) in [5, 5.41) is 8.29. The van der Waals surface area contributed by atoms with Gasteiger partial charge in [0.1, 0.15) is 0 Å². The minimum Gasteiger partial charge on any atom is -0.398 e. The van der Waals surface area contributed by atoms with Crippen molar-refractivity contribution < 1.29 is 0 Å². The van der Waals surface area contributed by atoms with E-state index < -0.39 is 0 Å². The number of hydrogen-bond acceptors (Lipinski definition) is 2. The fourth-order valence-corrected chi connectivity index (χ4v) is 1.54. The lowest BCUT2D eigenvalue weighted by Gasteiger charge is -2.02. The molecule has 0 atom stereocenters. The minimum atomic E-state index is 0.426. The largest absolute Gasteiger partial charge is 0.398 e. The Hall–Kier alpha value is -1.51. The first-order valence-corrected chi connectivity index (χ1v) is 4.42. The van der Waals surface area contributed by atoms with Crippen LogP contribution >= 0.6 is 0 Å². The molecule has 0 spiro atoms. The predicted molar refractivity (Wildman–Crippen MR) is 54.6 cm³/mol. The van der Waals surface area contributed by atoms with E-state index in [0.29, 0.717) is 5.92 Å². The number of H-pyrrole nitrogens is 1. The Bertz CT molecular complexity index is 429. The SMILES string of the molecule is CC(C)c1[nH]nc2cccc(N)c12. The number of aromatic amines is 1. The molecule has 0 unspecified atom stereocenters. The fraction of sp³-hybridized carbons (Fsp3) is 0.300. The zero-order valence-corrected chi connectivity index (χ0v) is 7.83. The number of nitrogens with two attached hydrogens (primary N) is 1. The lowest BCUT2D eigenvalue weighted by Crippen LogP contribution is -1.91. The molecule has 0 amide bonds. The number of nitrogens with zero attached hydrogens (tertiary/aromatic N) is 1. The number of aromatic nitrogens is 2. The van der Waals surface area contributed by atoms with Crippen molar-refractivity contribution in [3.05, 3.63) is 23.9 Å². The van der Waals surface area contributed by atoms with Crippen molar-refractivity contribution >= 4 is 16.6 Å². The van der Waals surface area contributed by atoms with Crippen molar-refractivity contribution in [2.45, 2.75) is 19.8 Å². The molecule has 0 fully saturated rings. The lowest BCUT2D eigenvalue weighted by molar-refractivity contribution is 0.818. The highest BCUT2D eigenvalue weighted by molar-refractivity contribution is 5.92. The first-order chi connectivity index (χ1) is 6.20. The zero-order valence-electron chi connectivity index (χ0n) is 7.83. The van der Waals surface area contributed by atoms with Crippen LogP contribution in [0, 0.1) is 0 Å². The summed E-state index contributed by atoms with van der Waals surface area (Å²) in [6.07, 6.45) is 0. The van der Waals surface area contributed by atoms with E-state index in [-0.39, 0.29) is 0 Å². The Labute approximate surface area is 76.9 Å². The van der Waals surface area contributed by atoms with Gasteiger partial charge in [-0.05, 0) is 18.1 Å². The van der Waals surface area contributed by atoms with Gasteiger partial charge in [-0.15, -0.1) is 0 Å². The number of nitrogen functional groups attached to an aromatic ring is 1. The lowest BCUT2D eigenvalue weighted by atomic mass is 10.1. The Morgan fingerprint density at radius 1 is 1.38 bits per heavy atom. The van der Waals surface area contributed by atoms with Crippen LogP contribution in [0.2, 0.25) is 0 Å². The van der Waals surface area contributed by atoms with Gasteiger partial charge in [-0.2, -0.15) is 5.10 Å². The van der Waals surface area contributed by atoms with Crippen molar-refractivity contribution in [2.24, 2.45) is 0 Å². The number of rotatable bonds is 1. The van der Waals surface area contributed by atoms with Crippen LogP contribution < -0.4 is 5.73 Å². The maximum Gasteiger partial charge on any atom is 0.0944 e. The topological polar surface area (TPSA) is 54.7 Å². The van der Waals surface area contributed by atoms with Crippen molar-refractivity contribution in [1.29, 1.82) is 0 Å². The molecule has 0 saturated heterocycles. The molecule has 68 valence electrons. The number of nitrogens with one attached hydrogen (secondary N) is 1. The van der Waals surface area contributed by atoms with Crippen LogP contribution in [0.1, 0.15) is 25.5 Å². The maximum absolute atomic E-state index is 5.88. The number of hydrogen-bond donors (Lipinski definition) is 2. The third-order valence-corrected chi connectivity index (χ3v) is 2.22. The molecule has 3 N–H and O–H groups in total. The smallest absolute Gasteiger partial charge is 0.0944 e. The van der Waals surface area contributed by atoms with E-state index in [0.717, 1.165) is 22.3 Å². The van der Waals surface area contributed by atoms with Crippen LogP contribution in [-0.2, 0) is 0 Å². The molecule has 0 aliphatic rings. The molecule has 3 heteroatoms. The van der Waals surface area contributed by atoms with Gasteiger partial charge >= 0.3 is 0 Å². The molecule has 1 heterocycles. The summed E-state index contributed by atoms with van der Waals surface area (Å²) in [6, 6.07) is 5.79. The molecule has 1 aromatic heterocycles. The van der Waals surface area contributed by atoms with Crippen LogP contribution in [-0.4, -0.2) is 10.2 Å². The van der Waals surface area contributed by atoms with Gasteiger partial charge in [-0.25, -0.2) is 0 Å². The van der Waals surface area contributed by atoms with Gasteiger partial charge < -0.3 is 5.73 Å². The van der Waals surface area contributed by atoms with Gasteiger partial charge in [0.15, 0.2) is 0 Å². The fourth-order valence-electron chi connectivity index (χ4n) is 1.54. The first-order valence-electron chi connectivity index (χ1n) is 4.42. The average molecular weight is 175 g/mol. The van der Waals surface area contributed by atoms with Gasteiger partial charge in [0.05, 0.1) is 5.52 Å². The third kappa shape index (κ3) is 1.16. The van der Waals surface area contributed by atoms with Crippen LogP contribution in [0.3, 0.4) is 0 Å². The van der Waals surface area contributed by atoms with Gasteiger partial charge in [-0.1, -0.05) is 19.9 Å². The quantitative estimate of drug-likeness (QED) is 0.653. The number of fused-ring (bicyclic) bond motifs is 1. The van der Waals surface area contributed by atoms with Crippen molar-refractivity contribution in [2.75, 3.05) is 5.73 Å². The second-order valence-electron chi connectivity index (χ2n) is 3.53. The van der Waals surface area contributed by atoms with Crippen molar-refractivity contribution in [3.8, 4) is 0 Å². The molecule has 3 nitrogen and oxygen atoms in total. The molecule has 2 rings (SSSR count). The van der Waals surface area contributed by atoms with Crippen LogP contribution in [0.15, 0.2) is 18.2 Å². The van der Waals surface area contributed by atoms with Crippen LogP contribution in [0.4, 0.5) is 5.69 Å².